The molecule has 102 valence electrons. The van der Waals surface area contributed by atoms with Crippen LogP contribution in [0.4, 0.5) is 5.69 Å². The van der Waals surface area contributed by atoms with Crippen molar-refractivity contribution in [3.05, 3.63) is 46.1 Å². The summed E-state index contributed by atoms with van der Waals surface area (Å²) >= 11 is 4.93. The summed E-state index contributed by atoms with van der Waals surface area (Å²) in [6.07, 6.45) is 0. The van der Waals surface area contributed by atoms with Gasteiger partial charge < -0.3 is 14.9 Å². The van der Waals surface area contributed by atoms with Crippen LogP contribution in [0.15, 0.2) is 44.6 Å². The minimum absolute atomic E-state index is 0.226. The van der Waals surface area contributed by atoms with E-state index >= 15 is 0 Å². The lowest BCUT2D eigenvalue weighted by Gasteiger charge is -2.02. The summed E-state index contributed by atoms with van der Waals surface area (Å²) in [6, 6.07) is 11.0. The summed E-state index contributed by atoms with van der Waals surface area (Å²) in [6.45, 7) is 0.226. The molecule has 3 aromatic rings. The fraction of sp³-hybridized carbons (Fsp3) is 0.0769. The molecule has 0 spiro atoms. The van der Waals surface area contributed by atoms with Crippen LogP contribution in [0.2, 0.25) is 0 Å². The number of anilines is 1. The highest BCUT2D eigenvalue weighted by Gasteiger charge is 2.11. The van der Waals surface area contributed by atoms with Crippen LogP contribution in [0, 0.1) is 0 Å². The maximum absolute atomic E-state index is 5.60. The Morgan fingerprint density at radius 3 is 2.65 bits per heavy atom. The molecule has 2 heterocycles. The Morgan fingerprint density at radius 1 is 1.15 bits per heavy atom. The highest BCUT2D eigenvalue weighted by atomic mass is 79.9. The molecule has 0 unspecified atom stereocenters. The molecule has 1 aromatic carbocycles. The number of hydrogen-bond acceptors (Lipinski definition) is 6. The van der Waals surface area contributed by atoms with Gasteiger partial charge in [0.25, 0.3) is 11.8 Å². The zero-order valence-electron chi connectivity index (χ0n) is 10.2. The third-order valence-corrected chi connectivity index (χ3v) is 4.10. The van der Waals surface area contributed by atoms with E-state index in [0.29, 0.717) is 23.2 Å². The van der Waals surface area contributed by atoms with Crippen LogP contribution in [0.25, 0.3) is 10.8 Å². The SMILES string of the molecule is Nc1ccc(OCc2nnc(-c3ccc(Br)s3)o2)cc1. The number of hydrogen-bond donors (Lipinski definition) is 1. The van der Waals surface area contributed by atoms with E-state index in [-0.39, 0.29) is 6.61 Å². The van der Waals surface area contributed by atoms with Gasteiger partial charge in [0.15, 0.2) is 6.61 Å². The van der Waals surface area contributed by atoms with E-state index < -0.39 is 0 Å². The Balaban J connectivity index is 1.67. The molecular formula is C13H10BrN3O2S. The van der Waals surface area contributed by atoms with E-state index in [0.717, 1.165) is 8.66 Å². The second kappa shape index (κ2) is 5.64. The van der Waals surface area contributed by atoms with Crippen LogP contribution in [-0.4, -0.2) is 10.2 Å². The molecular weight excluding hydrogens is 342 g/mol. The van der Waals surface area contributed by atoms with Gasteiger partial charge in [-0.15, -0.1) is 21.5 Å². The Kier molecular flexibility index (Phi) is 3.70. The molecule has 0 saturated carbocycles. The van der Waals surface area contributed by atoms with Crippen molar-refractivity contribution in [1.82, 2.24) is 10.2 Å². The smallest absolute Gasteiger partial charge is 0.257 e. The number of nitrogens with two attached hydrogens (primary N) is 1. The van der Waals surface area contributed by atoms with Crippen LogP contribution in [0.5, 0.6) is 5.75 Å². The fourth-order valence-electron chi connectivity index (χ4n) is 1.55. The third-order valence-electron chi connectivity index (χ3n) is 2.49. The normalized spacial score (nSPS) is 10.7. The Bertz CT molecular complexity index is 708. The summed E-state index contributed by atoms with van der Waals surface area (Å²) in [5.41, 5.74) is 6.30. The molecule has 5 nitrogen and oxygen atoms in total. The van der Waals surface area contributed by atoms with Crippen molar-refractivity contribution in [2.75, 3.05) is 5.73 Å². The molecule has 0 aliphatic heterocycles. The van der Waals surface area contributed by atoms with E-state index in [9.17, 15) is 0 Å². The molecule has 2 N–H and O–H groups in total. The molecule has 7 heteroatoms. The van der Waals surface area contributed by atoms with Crippen molar-refractivity contribution < 1.29 is 9.15 Å². The van der Waals surface area contributed by atoms with Crippen LogP contribution >= 0.6 is 27.3 Å². The summed E-state index contributed by atoms with van der Waals surface area (Å²) in [5.74, 6) is 1.63. The van der Waals surface area contributed by atoms with Gasteiger partial charge in [-0.25, -0.2) is 0 Å². The van der Waals surface area contributed by atoms with Gasteiger partial charge in [-0.1, -0.05) is 0 Å². The first-order valence-corrected chi connectivity index (χ1v) is 7.38. The first kappa shape index (κ1) is 13.1. The van der Waals surface area contributed by atoms with Crippen LogP contribution < -0.4 is 10.5 Å². The van der Waals surface area contributed by atoms with Crippen molar-refractivity contribution in [3.8, 4) is 16.5 Å². The molecule has 0 fully saturated rings. The standard InChI is InChI=1S/C13H10BrN3O2S/c14-11-6-5-10(20-11)13-17-16-12(19-13)7-18-9-3-1-8(15)2-4-9/h1-6H,7,15H2. The number of benzene rings is 1. The maximum Gasteiger partial charge on any atom is 0.257 e. The lowest BCUT2D eigenvalue weighted by Crippen LogP contribution is -1.95. The Labute approximate surface area is 127 Å². The van der Waals surface area contributed by atoms with Gasteiger partial charge >= 0.3 is 0 Å². The van der Waals surface area contributed by atoms with Gasteiger partial charge in [-0.2, -0.15) is 0 Å². The van der Waals surface area contributed by atoms with E-state index in [4.69, 9.17) is 14.9 Å². The van der Waals surface area contributed by atoms with Gasteiger partial charge in [-0.3, -0.25) is 0 Å². The van der Waals surface area contributed by atoms with Crippen molar-refractivity contribution in [2.45, 2.75) is 6.61 Å². The van der Waals surface area contributed by atoms with Gasteiger partial charge in [0.05, 0.1) is 8.66 Å². The minimum Gasteiger partial charge on any atom is -0.484 e. The fourth-order valence-corrected chi connectivity index (χ4v) is 2.86. The summed E-state index contributed by atoms with van der Waals surface area (Å²) < 4.78 is 12.1. The molecule has 0 aliphatic rings. The summed E-state index contributed by atoms with van der Waals surface area (Å²) in [4.78, 5) is 0.920. The second-order valence-corrected chi connectivity index (χ2v) is 6.43. The number of aromatic nitrogens is 2. The van der Waals surface area contributed by atoms with Crippen molar-refractivity contribution in [2.24, 2.45) is 0 Å². The van der Waals surface area contributed by atoms with Crippen molar-refractivity contribution >= 4 is 33.0 Å². The van der Waals surface area contributed by atoms with Crippen molar-refractivity contribution in [3.63, 3.8) is 0 Å². The predicted molar refractivity (Wildman–Crippen MR) is 80.5 cm³/mol. The number of halogens is 1. The zero-order chi connectivity index (χ0) is 13.9. The monoisotopic (exact) mass is 351 g/mol. The Morgan fingerprint density at radius 2 is 1.95 bits per heavy atom. The predicted octanol–water partition coefficient (Wildman–Crippen LogP) is 3.72. The van der Waals surface area contributed by atoms with Crippen LogP contribution in [-0.2, 0) is 6.61 Å². The molecule has 0 amide bonds. The number of nitrogens with zero attached hydrogens (tertiary/aromatic N) is 2. The van der Waals surface area contributed by atoms with Gasteiger partial charge in [-0.05, 0) is 52.3 Å². The Hall–Kier alpha value is -1.86. The molecule has 0 atom stereocenters. The minimum atomic E-state index is 0.226. The second-order valence-electron chi connectivity index (χ2n) is 3.96. The number of thiophene rings is 1. The van der Waals surface area contributed by atoms with E-state index in [2.05, 4.69) is 26.1 Å². The van der Waals surface area contributed by atoms with Gasteiger partial charge in [0.2, 0.25) is 0 Å². The first-order chi connectivity index (χ1) is 9.70. The zero-order valence-corrected chi connectivity index (χ0v) is 12.6. The molecule has 2 aromatic heterocycles. The molecule has 3 rings (SSSR count). The highest BCUT2D eigenvalue weighted by molar-refractivity contribution is 9.11. The van der Waals surface area contributed by atoms with Crippen LogP contribution in [0.3, 0.4) is 0 Å². The van der Waals surface area contributed by atoms with E-state index in [1.165, 1.54) is 11.3 Å². The average Bonchev–Trinajstić information content (AvgIpc) is 3.07. The maximum atomic E-state index is 5.60. The molecule has 0 saturated heterocycles. The van der Waals surface area contributed by atoms with Gasteiger partial charge in [0, 0.05) is 5.69 Å². The molecule has 0 radical (unpaired) electrons. The lowest BCUT2D eigenvalue weighted by atomic mass is 10.3. The topological polar surface area (TPSA) is 74.2 Å². The first-order valence-electron chi connectivity index (χ1n) is 5.77. The van der Waals surface area contributed by atoms with Gasteiger partial charge in [0.1, 0.15) is 5.75 Å². The quantitative estimate of drug-likeness (QED) is 0.725. The summed E-state index contributed by atoms with van der Waals surface area (Å²) in [7, 11) is 0. The number of ether oxygens (including phenoxy) is 1. The number of nitrogen functional groups attached to an aromatic ring is 1. The lowest BCUT2D eigenvalue weighted by molar-refractivity contribution is 0.264. The molecule has 0 bridgehead atoms. The van der Waals surface area contributed by atoms with E-state index in [1.807, 2.05) is 12.1 Å². The van der Waals surface area contributed by atoms with Crippen molar-refractivity contribution in [1.29, 1.82) is 0 Å². The van der Waals surface area contributed by atoms with Crippen LogP contribution in [0.1, 0.15) is 5.89 Å². The summed E-state index contributed by atoms with van der Waals surface area (Å²) in [5, 5.41) is 7.96. The largest absolute Gasteiger partial charge is 0.484 e. The van der Waals surface area contributed by atoms with E-state index in [1.54, 1.807) is 24.3 Å². The number of rotatable bonds is 4. The average molecular weight is 352 g/mol. The highest BCUT2D eigenvalue weighted by Crippen LogP contribution is 2.30. The third kappa shape index (κ3) is 3.00. The molecule has 0 aliphatic carbocycles. The molecule has 20 heavy (non-hydrogen) atoms.